The van der Waals surface area contributed by atoms with Gasteiger partial charge in [0, 0.05) is 26.6 Å². The lowest BCUT2D eigenvalue weighted by Gasteiger charge is -2.28. The molecule has 29 heavy (non-hydrogen) atoms. The van der Waals surface area contributed by atoms with Crippen molar-refractivity contribution in [2.24, 2.45) is 7.05 Å². The lowest BCUT2D eigenvalue weighted by molar-refractivity contribution is -0.121. The Morgan fingerprint density at radius 3 is 2.38 bits per heavy atom. The van der Waals surface area contributed by atoms with E-state index in [1.807, 2.05) is 42.5 Å². The van der Waals surface area contributed by atoms with Crippen LogP contribution in [0.15, 0.2) is 59.4 Å². The van der Waals surface area contributed by atoms with Gasteiger partial charge in [-0.15, -0.1) is 0 Å². The Morgan fingerprint density at radius 1 is 1.00 bits per heavy atom. The largest absolute Gasteiger partial charge is 0.354 e. The van der Waals surface area contributed by atoms with Crippen LogP contribution in [0.1, 0.15) is 30.9 Å². The molecule has 0 spiro atoms. The maximum atomic E-state index is 12.6. The number of carbonyl (C=O) groups is 1. The number of carbonyl (C=O) groups excluding carboxylic acids is 1. The molecule has 152 valence electrons. The fraction of sp³-hybridized carbons (Fsp3) is 0.391. The Hall–Kier alpha value is -2.86. The first-order chi connectivity index (χ1) is 14.1. The first kappa shape index (κ1) is 19.5. The second-order valence-electron chi connectivity index (χ2n) is 7.71. The number of imidazole rings is 1. The second-order valence-corrected chi connectivity index (χ2v) is 7.71. The SMILES string of the molecule is Cn1c(=O)n(CCC(=O)NC[C@@H](c2ccccc2)N2CCCC2)c2ccccc21. The molecular weight excluding hydrogens is 364 g/mol. The standard InChI is InChI=1S/C23H28N4O2/c1-25-19-11-5-6-12-20(19)27(23(25)29)16-13-22(28)24-17-21(26-14-7-8-15-26)18-9-3-2-4-10-18/h2-6,9-12,21H,7-8,13-17H2,1H3,(H,24,28)/t21-/m0/s1. The van der Waals surface area contributed by atoms with E-state index >= 15 is 0 Å². The highest BCUT2D eigenvalue weighted by Crippen LogP contribution is 2.24. The highest BCUT2D eigenvalue weighted by Gasteiger charge is 2.23. The van der Waals surface area contributed by atoms with E-state index in [1.165, 1.54) is 18.4 Å². The van der Waals surface area contributed by atoms with Crippen LogP contribution in [0.2, 0.25) is 0 Å². The van der Waals surface area contributed by atoms with E-state index in [1.54, 1.807) is 16.2 Å². The third-order valence-corrected chi connectivity index (χ3v) is 5.87. The summed E-state index contributed by atoms with van der Waals surface area (Å²) >= 11 is 0. The van der Waals surface area contributed by atoms with Gasteiger partial charge in [-0.05, 0) is 43.6 Å². The molecule has 1 aromatic heterocycles. The van der Waals surface area contributed by atoms with Gasteiger partial charge in [-0.3, -0.25) is 18.8 Å². The van der Waals surface area contributed by atoms with Crippen LogP contribution in [0.3, 0.4) is 0 Å². The van der Waals surface area contributed by atoms with E-state index in [-0.39, 0.29) is 24.1 Å². The first-order valence-corrected chi connectivity index (χ1v) is 10.3. The molecule has 6 heteroatoms. The van der Waals surface area contributed by atoms with Gasteiger partial charge in [-0.1, -0.05) is 42.5 Å². The van der Waals surface area contributed by atoms with Crippen molar-refractivity contribution in [1.82, 2.24) is 19.4 Å². The van der Waals surface area contributed by atoms with Gasteiger partial charge in [0.05, 0.1) is 17.1 Å². The van der Waals surface area contributed by atoms with Crippen molar-refractivity contribution in [3.8, 4) is 0 Å². The summed E-state index contributed by atoms with van der Waals surface area (Å²) in [5, 5.41) is 3.10. The second kappa shape index (κ2) is 8.66. The molecule has 1 N–H and O–H groups in total. The number of aromatic nitrogens is 2. The van der Waals surface area contributed by atoms with Crippen molar-refractivity contribution in [3.63, 3.8) is 0 Å². The zero-order valence-corrected chi connectivity index (χ0v) is 16.9. The zero-order chi connectivity index (χ0) is 20.2. The van der Waals surface area contributed by atoms with E-state index in [2.05, 4.69) is 22.3 Å². The predicted molar refractivity (Wildman–Crippen MR) is 115 cm³/mol. The van der Waals surface area contributed by atoms with Crippen LogP contribution in [-0.4, -0.2) is 39.6 Å². The number of aryl methyl sites for hydroxylation is 2. The third kappa shape index (κ3) is 4.12. The average molecular weight is 393 g/mol. The van der Waals surface area contributed by atoms with Gasteiger partial charge in [-0.2, -0.15) is 0 Å². The minimum atomic E-state index is -0.0850. The quantitative estimate of drug-likeness (QED) is 0.673. The van der Waals surface area contributed by atoms with Crippen LogP contribution in [0.4, 0.5) is 0 Å². The topological polar surface area (TPSA) is 59.3 Å². The van der Waals surface area contributed by atoms with Crippen molar-refractivity contribution in [1.29, 1.82) is 0 Å². The van der Waals surface area contributed by atoms with Gasteiger partial charge in [0.1, 0.15) is 0 Å². The molecule has 1 fully saturated rings. The maximum Gasteiger partial charge on any atom is 0.328 e. The molecule has 0 unspecified atom stereocenters. The number of likely N-dealkylation sites (tertiary alicyclic amines) is 1. The van der Waals surface area contributed by atoms with E-state index < -0.39 is 0 Å². The Labute approximate surface area is 170 Å². The smallest absolute Gasteiger partial charge is 0.328 e. The van der Waals surface area contributed by atoms with Crippen molar-refractivity contribution in [2.45, 2.75) is 31.8 Å². The van der Waals surface area contributed by atoms with Crippen LogP contribution in [0.25, 0.3) is 11.0 Å². The molecule has 1 amide bonds. The molecule has 0 bridgehead atoms. The number of nitrogens with zero attached hydrogens (tertiary/aromatic N) is 3. The molecule has 1 saturated heterocycles. The number of nitrogens with one attached hydrogen (secondary N) is 1. The lowest BCUT2D eigenvalue weighted by Crippen LogP contribution is -2.37. The molecule has 1 aliphatic rings. The number of hydrogen-bond acceptors (Lipinski definition) is 3. The summed E-state index contributed by atoms with van der Waals surface area (Å²) in [6, 6.07) is 18.3. The van der Waals surface area contributed by atoms with Gasteiger partial charge in [0.2, 0.25) is 5.91 Å². The van der Waals surface area contributed by atoms with Crippen LogP contribution >= 0.6 is 0 Å². The molecule has 4 rings (SSSR count). The number of hydrogen-bond donors (Lipinski definition) is 1. The van der Waals surface area contributed by atoms with Crippen LogP contribution in [-0.2, 0) is 18.4 Å². The van der Waals surface area contributed by atoms with Crippen molar-refractivity contribution in [2.75, 3.05) is 19.6 Å². The molecule has 2 aromatic carbocycles. The Morgan fingerprint density at radius 2 is 1.66 bits per heavy atom. The number of para-hydroxylation sites is 2. The van der Waals surface area contributed by atoms with Gasteiger partial charge in [0.15, 0.2) is 0 Å². The normalized spacial score (nSPS) is 15.6. The molecule has 1 aliphatic heterocycles. The van der Waals surface area contributed by atoms with Gasteiger partial charge in [0.25, 0.3) is 0 Å². The number of fused-ring (bicyclic) bond motifs is 1. The number of amides is 1. The van der Waals surface area contributed by atoms with Crippen LogP contribution in [0.5, 0.6) is 0 Å². The van der Waals surface area contributed by atoms with Crippen LogP contribution < -0.4 is 11.0 Å². The van der Waals surface area contributed by atoms with Gasteiger partial charge < -0.3 is 5.32 Å². The minimum absolute atomic E-state index is 0.0232. The summed E-state index contributed by atoms with van der Waals surface area (Å²) in [6.45, 7) is 3.11. The number of rotatable bonds is 7. The Kier molecular flexibility index (Phi) is 5.81. The molecule has 1 atom stereocenters. The summed E-state index contributed by atoms with van der Waals surface area (Å²) in [7, 11) is 1.77. The summed E-state index contributed by atoms with van der Waals surface area (Å²) in [5.41, 5.74) is 2.90. The molecule has 3 aromatic rings. The first-order valence-electron chi connectivity index (χ1n) is 10.3. The number of benzene rings is 2. The van der Waals surface area contributed by atoms with E-state index in [4.69, 9.17) is 0 Å². The predicted octanol–water partition coefficient (Wildman–Crippen LogP) is 2.68. The maximum absolute atomic E-state index is 12.6. The summed E-state index contributed by atoms with van der Waals surface area (Å²) in [6.07, 6.45) is 2.71. The summed E-state index contributed by atoms with van der Waals surface area (Å²) < 4.78 is 3.32. The van der Waals surface area contributed by atoms with E-state index in [0.717, 1.165) is 24.1 Å². The monoisotopic (exact) mass is 392 g/mol. The van der Waals surface area contributed by atoms with E-state index in [9.17, 15) is 9.59 Å². The molecule has 0 saturated carbocycles. The lowest BCUT2D eigenvalue weighted by atomic mass is 10.1. The molecule has 0 radical (unpaired) electrons. The minimum Gasteiger partial charge on any atom is -0.354 e. The van der Waals surface area contributed by atoms with Gasteiger partial charge >= 0.3 is 5.69 Å². The van der Waals surface area contributed by atoms with Crippen molar-refractivity contribution >= 4 is 16.9 Å². The highest BCUT2D eigenvalue weighted by atomic mass is 16.2. The van der Waals surface area contributed by atoms with Gasteiger partial charge in [-0.25, -0.2) is 4.79 Å². The summed E-state index contributed by atoms with van der Waals surface area (Å²) in [4.78, 5) is 27.5. The molecule has 6 nitrogen and oxygen atoms in total. The molecular formula is C23H28N4O2. The van der Waals surface area contributed by atoms with Crippen molar-refractivity contribution < 1.29 is 4.79 Å². The van der Waals surface area contributed by atoms with E-state index in [0.29, 0.717) is 13.1 Å². The fourth-order valence-electron chi connectivity index (χ4n) is 4.28. The Balaban J connectivity index is 1.41. The highest BCUT2D eigenvalue weighted by molar-refractivity contribution is 5.78. The molecule has 0 aliphatic carbocycles. The summed E-state index contributed by atoms with van der Waals surface area (Å²) in [5.74, 6) is -0.0232. The molecule has 2 heterocycles. The fourth-order valence-corrected chi connectivity index (χ4v) is 4.28. The third-order valence-electron chi connectivity index (χ3n) is 5.87. The van der Waals surface area contributed by atoms with Crippen LogP contribution in [0, 0.1) is 0 Å². The average Bonchev–Trinajstić information content (AvgIpc) is 3.36. The Bertz CT molecular complexity index is 1030. The van der Waals surface area contributed by atoms with Crippen molar-refractivity contribution in [3.05, 3.63) is 70.6 Å². The zero-order valence-electron chi connectivity index (χ0n) is 16.9.